The Morgan fingerprint density at radius 3 is 2.45 bits per heavy atom. The highest BCUT2D eigenvalue weighted by atomic mass is 16.4. The van der Waals surface area contributed by atoms with Gasteiger partial charge in [-0.1, -0.05) is 25.1 Å². The Bertz CT molecular complexity index is 905. The average Bonchev–Trinajstić information content (AvgIpc) is 2.54. The van der Waals surface area contributed by atoms with Crippen molar-refractivity contribution in [1.29, 1.82) is 0 Å². The van der Waals surface area contributed by atoms with Gasteiger partial charge in [0.15, 0.2) is 5.43 Å². The molecule has 0 saturated carbocycles. The lowest BCUT2D eigenvalue weighted by Gasteiger charge is -2.05. The molecular weight excluding hydrogens is 280 g/mol. The Morgan fingerprint density at radius 1 is 1.09 bits per heavy atom. The van der Waals surface area contributed by atoms with E-state index in [1.54, 1.807) is 18.2 Å². The monoisotopic (exact) mass is 294 g/mol. The molecule has 3 rings (SSSR count). The van der Waals surface area contributed by atoms with Gasteiger partial charge in [-0.25, -0.2) is 4.79 Å². The van der Waals surface area contributed by atoms with Gasteiger partial charge in [0, 0.05) is 11.6 Å². The third kappa shape index (κ3) is 2.51. The van der Waals surface area contributed by atoms with Gasteiger partial charge in [-0.15, -0.1) is 0 Å². The van der Waals surface area contributed by atoms with Gasteiger partial charge in [-0.2, -0.15) is 0 Å². The Balaban J connectivity index is 2.14. The third-order valence-electron chi connectivity index (χ3n) is 3.62. The van der Waals surface area contributed by atoms with Crippen LogP contribution in [0.2, 0.25) is 0 Å². The first-order chi connectivity index (χ1) is 10.6. The molecule has 0 aliphatic carbocycles. The fourth-order valence-electron chi connectivity index (χ4n) is 2.34. The van der Waals surface area contributed by atoms with E-state index in [0.717, 1.165) is 12.0 Å². The first-order valence-electron chi connectivity index (χ1n) is 6.99. The second-order valence-corrected chi connectivity index (χ2v) is 5.04. The van der Waals surface area contributed by atoms with Crippen molar-refractivity contribution in [2.75, 3.05) is 0 Å². The highest BCUT2D eigenvalue weighted by Gasteiger charge is 2.09. The number of benzene rings is 2. The number of carboxylic acids is 1. The molecule has 0 amide bonds. The van der Waals surface area contributed by atoms with Crippen LogP contribution in [-0.2, 0) is 6.42 Å². The van der Waals surface area contributed by atoms with Crippen LogP contribution >= 0.6 is 0 Å². The first-order valence-corrected chi connectivity index (χ1v) is 6.99. The number of carboxylic acid groups (broad SMARTS) is 1. The van der Waals surface area contributed by atoms with Crippen molar-refractivity contribution in [2.45, 2.75) is 13.3 Å². The molecule has 0 bridgehead atoms. The zero-order chi connectivity index (χ0) is 15.7. The summed E-state index contributed by atoms with van der Waals surface area (Å²) in [6.07, 6.45) is 0.858. The maximum atomic E-state index is 12.2. The van der Waals surface area contributed by atoms with Crippen LogP contribution in [0.25, 0.3) is 22.3 Å². The normalized spacial score (nSPS) is 10.8. The maximum absolute atomic E-state index is 12.2. The van der Waals surface area contributed by atoms with Gasteiger partial charge >= 0.3 is 5.97 Å². The minimum absolute atomic E-state index is 0.110. The molecule has 0 aliphatic heterocycles. The molecule has 1 aromatic heterocycles. The fraction of sp³-hybridized carbons (Fsp3) is 0.111. The number of carbonyl (C=O) groups is 1. The average molecular weight is 294 g/mol. The predicted octanol–water partition coefficient (Wildman–Crippen LogP) is 3.72. The molecule has 0 radical (unpaired) electrons. The van der Waals surface area contributed by atoms with Crippen molar-refractivity contribution in [3.05, 3.63) is 69.9 Å². The van der Waals surface area contributed by atoms with Gasteiger partial charge in [-0.3, -0.25) is 4.79 Å². The lowest BCUT2D eigenvalue weighted by Crippen LogP contribution is -2.01. The SMILES string of the molecule is CCc1ccc2c(=O)cc(-c3ccc(C(=O)O)cc3)oc2c1. The molecule has 4 nitrogen and oxygen atoms in total. The number of aryl methyl sites for hydroxylation is 1. The topological polar surface area (TPSA) is 67.5 Å². The van der Waals surface area contributed by atoms with Crippen LogP contribution in [0.4, 0.5) is 0 Å². The van der Waals surface area contributed by atoms with Crippen LogP contribution in [-0.4, -0.2) is 11.1 Å². The van der Waals surface area contributed by atoms with Gasteiger partial charge in [-0.05, 0) is 36.2 Å². The lowest BCUT2D eigenvalue weighted by atomic mass is 10.1. The molecule has 0 fully saturated rings. The van der Waals surface area contributed by atoms with E-state index >= 15 is 0 Å². The summed E-state index contributed by atoms with van der Waals surface area (Å²) >= 11 is 0. The zero-order valence-electron chi connectivity index (χ0n) is 12.0. The van der Waals surface area contributed by atoms with E-state index in [2.05, 4.69) is 0 Å². The van der Waals surface area contributed by atoms with Crippen LogP contribution in [0.1, 0.15) is 22.8 Å². The maximum Gasteiger partial charge on any atom is 0.335 e. The van der Waals surface area contributed by atoms with Crippen LogP contribution < -0.4 is 5.43 Å². The van der Waals surface area contributed by atoms with E-state index in [1.807, 2.05) is 19.1 Å². The number of rotatable bonds is 3. The molecule has 4 heteroatoms. The summed E-state index contributed by atoms with van der Waals surface area (Å²) in [5, 5.41) is 9.46. The molecule has 22 heavy (non-hydrogen) atoms. The van der Waals surface area contributed by atoms with Crippen LogP contribution in [0, 0.1) is 0 Å². The van der Waals surface area contributed by atoms with Gasteiger partial charge in [0.05, 0.1) is 10.9 Å². The van der Waals surface area contributed by atoms with Gasteiger partial charge < -0.3 is 9.52 Å². The second kappa shape index (κ2) is 5.48. The smallest absolute Gasteiger partial charge is 0.335 e. The van der Waals surface area contributed by atoms with Crippen LogP contribution in [0.5, 0.6) is 0 Å². The van der Waals surface area contributed by atoms with E-state index in [1.165, 1.54) is 18.2 Å². The predicted molar refractivity (Wildman–Crippen MR) is 84.3 cm³/mol. The number of hydrogen-bond donors (Lipinski definition) is 1. The Labute approximate surface area is 126 Å². The largest absolute Gasteiger partial charge is 0.478 e. The molecular formula is C18H14O4. The van der Waals surface area contributed by atoms with E-state index in [9.17, 15) is 9.59 Å². The van der Waals surface area contributed by atoms with Crippen LogP contribution in [0.3, 0.4) is 0 Å². The van der Waals surface area contributed by atoms with Gasteiger partial charge in [0.1, 0.15) is 11.3 Å². The summed E-state index contributed by atoms with van der Waals surface area (Å²) in [5.41, 5.74) is 2.39. The van der Waals surface area contributed by atoms with Crippen molar-refractivity contribution in [2.24, 2.45) is 0 Å². The minimum atomic E-state index is -0.987. The number of aromatic carboxylic acids is 1. The summed E-state index contributed by atoms with van der Waals surface area (Å²) in [7, 11) is 0. The van der Waals surface area contributed by atoms with Crippen LogP contribution in [0.15, 0.2) is 57.7 Å². The molecule has 0 atom stereocenters. The third-order valence-corrected chi connectivity index (χ3v) is 3.62. The molecule has 110 valence electrons. The minimum Gasteiger partial charge on any atom is -0.478 e. The van der Waals surface area contributed by atoms with Crippen molar-refractivity contribution < 1.29 is 14.3 Å². The molecule has 3 aromatic rings. The Morgan fingerprint density at radius 2 is 1.82 bits per heavy atom. The van der Waals surface area contributed by atoms with E-state index < -0.39 is 5.97 Å². The highest BCUT2D eigenvalue weighted by Crippen LogP contribution is 2.23. The van der Waals surface area contributed by atoms with E-state index in [4.69, 9.17) is 9.52 Å². The molecule has 1 heterocycles. The summed E-state index contributed by atoms with van der Waals surface area (Å²) in [5.74, 6) is -0.554. The molecule has 2 aromatic carbocycles. The lowest BCUT2D eigenvalue weighted by molar-refractivity contribution is 0.0697. The summed E-state index contributed by atoms with van der Waals surface area (Å²) < 4.78 is 5.82. The molecule has 0 aliphatic rings. The first kappa shape index (κ1) is 14.1. The standard InChI is InChI=1S/C18H14O4/c1-2-11-3-8-14-15(19)10-16(22-17(14)9-11)12-4-6-13(7-5-12)18(20)21/h3-10H,2H2,1H3,(H,20,21). The molecule has 0 unspecified atom stereocenters. The Kier molecular flexibility index (Phi) is 3.51. The van der Waals surface area contributed by atoms with Gasteiger partial charge in [0.2, 0.25) is 0 Å². The molecule has 0 saturated heterocycles. The van der Waals surface area contributed by atoms with Crippen molar-refractivity contribution in [3.63, 3.8) is 0 Å². The van der Waals surface area contributed by atoms with Crippen molar-refractivity contribution in [1.82, 2.24) is 0 Å². The van der Waals surface area contributed by atoms with Crippen molar-refractivity contribution in [3.8, 4) is 11.3 Å². The number of fused-ring (bicyclic) bond motifs is 1. The van der Waals surface area contributed by atoms with Crippen molar-refractivity contribution >= 4 is 16.9 Å². The summed E-state index contributed by atoms with van der Waals surface area (Å²) in [4.78, 5) is 23.1. The highest BCUT2D eigenvalue weighted by molar-refractivity contribution is 5.88. The summed E-state index contributed by atoms with van der Waals surface area (Å²) in [6, 6.07) is 13.2. The molecule has 0 spiro atoms. The van der Waals surface area contributed by atoms with Gasteiger partial charge in [0.25, 0.3) is 0 Å². The quantitative estimate of drug-likeness (QED) is 0.799. The second-order valence-electron chi connectivity index (χ2n) is 5.04. The Hall–Kier alpha value is -2.88. The number of hydrogen-bond acceptors (Lipinski definition) is 3. The fourth-order valence-corrected chi connectivity index (χ4v) is 2.34. The van der Waals surface area contributed by atoms with E-state index in [-0.39, 0.29) is 11.0 Å². The zero-order valence-corrected chi connectivity index (χ0v) is 12.0. The summed E-state index contributed by atoms with van der Waals surface area (Å²) in [6.45, 7) is 2.04. The molecule has 1 N–H and O–H groups in total. The van der Waals surface area contributed by atoms with E-state index in [0.29, 0.717) is 22.3 Å².